The summed E-state index contributed by atoms with van der Waals surface area (Å²) in [5.41, 5.74) is 5.28. The fraction of sp³-hybridized carbons (Fsp3) is 0.380. The summed E-state index contributed by atoms with van der Waals surface area (Å²) in [4.78, 5) is 86.0. The highest BCUT2D eigenvalue weighted by molar-refractivity contribution is 5.94. The van der Waals surface area contributed by atoms with Gasteiger partial charge in [0.25, 0.3) is 5.56 Å². The number of likely N-dealkylation sites (N-methyl/N-ethyl adjacent to an activating group) is 1. The Hall–Kier alpha value is -6.98. The lowest BCUT2D eigenvalue weighted by Gasteiger charge is -2.31. The molecule has 0 saturated carbocycles. The van der Waals surface area contributed by atoms with Crippen molar-refractivity contribution in [2.45, 2.75) is 109 Å². The molecule has 2 aliphatic carbocycles. The summed E-state index contributed by atoms with van der Waals surface area (Å²) in [6, 6.07) is 15.8. The molecule has 2 aromatic heterocycles. The number of cyclic esters (lactones) is 1. The van der Waals surface area contributed by atoms with Crippen LogP contribution in [0.5, 0.6) is 0 Å². The largest absolute Gasteiger partial charge is 0.458 e. The van der Waals surface area contributed by atoms with Crippen molar-refractivity contribution in [3.05, 3.63) is 121 Å². The van der Waals surface area contributed by atoms with Gasteiger partial charge in [-0.05, 0) is 80.8 Å². The Kier molecular flexibility index (Phi) is 11.7. The fourth-order valence-electron chi connectivity index (χ4n) is 9.83. The number of benzene rings is 3. The number of aryl methyl sites for hydroxylation is 1. The van der Waals surface area contributed by atoms with Gasteiger partial charge in [-0.15, -0.1) is 0 Å². The summed E-state index contributed by atoms with van der Waals surface area (Å²) in [6.45, 7) is 7.58. The molecule has 0 unspecified atom stereocenters. The van der Waals surface area contributed by atoms with Crippen molar-refractivity contribution in [1.82, 2.24) is 30.4 Å². The second-order valence-electron chi connectivity index (χ2n) is 17.8. The molecule has 3 aromatic carbocycles. The van der Waals surface area contributed by atoms with E-state index in [9.17, 15) is 33.9 Å². The molecule has 0 radical (unpaired) electrons. The zero-order valence-corrected chi connectivity index (χ0v) is 38.0. The molecule has 0 fully saturated rings. The number of amides is 4. The zero-order valence-electron chi connectivity index (χ0n) is 38.0. The third-order valence-electron chi connectivity index (χ3n) is 13.8. The molecule has 0 bridgehead atoms. The van der Waals surface area contributed by atoms with Crippen LogP contribution in [0.25, 0.3) is 33.4 Å². The van der Waals surface area contributed by atoms with Crippen LogP contribution in [0.2, 0.25) is 0 Å². The second-order valence-corrected chi connectivity index (χ2v) is 17.8. The summed E-state index contributed by atoms with van der Waals surface area (Å²) >= 11 is 0. The maximum Gasteiger partial charge on any atom is 0.411 e. The third-order valence-corrected chi connectivity index (χ3v) is 13.8. The molecule has 0 spiro atoms. The lowest BCUT2D eigenvalue weighted by Crippen LogP contribution is -2.52. The van der Waals surface area contributed by atoms with Gasteiger partial charge < -0.3 is 39.8 Å². The van der Waals surface area contributed by atoms with Crippen molar-refractivity contribution in [3.63, 3.8) is 0 Å². The molecule has 4 amide bonds. The summed E-state index contributed by atoms with van der Waals surface area (Å²) in [7, 11) is 1.46. The maximum absolute atomic E-state index is 15.4. The summed E-state index contributed by atoms with van der Waals surface area (Å²) in [6.07, 6.45) is -1.22. The van der Waals surface area contributed by atoms with E-state index in [0.717, 1.165) is 33.4 Å². The van der Waals surface area contributed by atoms with Gasteiger partial charge in [0.05, 0.1) is 47.6 Å². The topological polar surface area (TPSA) is 207 Å². The Morgan fingerprint density at radius 1 is 1.00 bits per heavy atom. The second kappa shape index (κ2) is 17.3. The number of pyridine rings is 2. The number of nitrogens with zero attached hydrogens (tertiary/aromatic N) is 3. The first-order valence-corrected chi connectivity index (χ1v) is 22.4. The lowest BCUT2D eigenvalue weighted by molar-refractivity contribution is -0.172. The molecular formula is C50H51FN6O10. The number of hydrogen-bond donors (Lipinski definition) is 4. The average molecular weight is 915 g/mol. The van der Waals surface area contributed by atoms with Crippen molar-refractivity contribution in [1.29, 1.82) is 0 Å². The van der Waals surface area contributed by atoms with Crippen LogP contribution in [0.4, 0.5) is 9.18 Å². The van der Waals surface area contributed by atoms with Crippen molar-refractivity contribution in [3.8, 4) is 22.5 Å². The average Bonchev–Trinajstić information content (AvgIpc) is 3.84. The SMILES string of the molecule is CC[C@@]1(O)C(=O)OCc2c1cc1n(c2=O)Cc2c-1nc1cc(F)c(C)c3c1c2[C@@H](NC(=O)C[C@@H](C)OCNC(=O)[C@H](C)NC(=O)[C@H](C)N(C)C(=O)OC1c2ccccc2-c2ccccc21)CC3. The minimum absolute atomic E-state index is 0.0230. The molecule has 67 heavy (non-hydrogen) atoms. The molecule has 5 aromatic rings. The minimum Gasteiger partial charge on any atom is -0.458 e. The third kappa shape index (κ3) is 7.68. The molecule has 9 rings (SSSR count). The van der Waals surface area contributed by atoms with Gasteiger partial charge in [-0.2, -0.15) is 0 Å². The number of carbonyl (C=O) groups excluding carboxylic acids is 5. The summed E-state index contributed by atoms with van der Waals surface area (Å²) in [5.74, 6) is -2.75. The van der Waals surface area contributed by atoms with E-state index in [2.05, 4.69) is 16.0 Å². The van der Waals surface area contributed by atoms with E-state index in [4.69, 9.17) is 19.2 Å². The number of fused-ring (bicyclic) bond motifs is 8. The minimum atomic E-state index is -2.02. The van der Waals surface area contributed by atoms with Gasteiger partial charge in [0.15, 0.2) is 11.7 Å². The van der Waals surface area contributed by atoms with Crippen LogP contribution in [0.3, 0.4) is 0 Å². The Morgan fingerprint density at radius 3 is 2.37 bits per heavy atom. The predicted molar refractivity (Wildman–Crippen MR) is 242 cm³/mol. The van der Waals surface area contributed by atoms with Gasteiger partial charge in [0, 0.05) is 40.8 Å². The van der Waals surface area contributed by atoms with Gasteiger partial charge in [0.2, 0.25) is 17.7 Å². The van der Waals surface area contributed by atoms with Gasteiger partial charge in [-0.3, -0.25) is 24.1 Å². The van der Waals surface area contributed by atoms with Crippen LogP contribution >= 0.6 is 0 Å². The number of aliphatic hydroxyl groups is 1. The number of carbonyl (C=O) groups is 5. The van der Waals surface area contributed by atoms with E-state index in [-0.39, 0.29) is 49.8 Å². The van der Waals surface area contributed by atoms with E-state index in [1.165, 1.54) is 36.4 Å². The van der Waals surface area contributed by atoms with E-state index in [0.29, 0.717) is 46.3 Å². The molecule has 0 saturated heterocycles. The first-order valence-electron chi connectivity index (χ1n) is 22.4. The maximum atomic E-state index is 15.4. The zero-order chi connectivity index (χ0) is 47.6. The predicted octanol–water partition coefficient (Wildman–Crippen LogP) is 5.23. The normalized spacial score (nSPS) is 18.9. The molecule has 4 N–H and O–H groups in total. The number of nitrogens with one attached hydrogen (secondary N) is 3. The van der Waals surface area contributed by atoms with Gasteiger partial charge >= 0.3 is 12.1 Å². The smallest absolute Gasteiger partial charge is 0.411 e. The molecular weight excluding hydrogens is 864 g/mol. The van der Waals surface area contributed by atoms with Crippen LogP contribution in [0.15, 0.2) is 65.5 Å². The number of halogens is 1. The van der Waals surface area contributed by atoms with Crippen molar-refractivity contribution in [2.75, 3.05) is 13.8 Å². The van der Waals surface area contributed by atoms with Crippen LogP contribution in [0.1, 0.15) is 104 Å². The van der Waals surface area contributed by atoms with Gasteiger partial charge in [-0.1, -0.05) is 55.5 Å². The van der Waals surface area contributed by atoms with Crippen LogP contribution in [-0.4, -0.2) is 81.3 Å². The molecule has 17 heteroatoms. The van der Waals surface area contributed by atoms with E-state index >= 15 is 4.39 Å². The van der Waals surface area contributed by atoms with Crippen LogP contribution in [-0.2, 0) is 58.6 Å². The molecule has 4 heterocycles. The molecule has 2 aliphatic heterocycles. The highest BCUT2D eigenvalue weighted by Gasteiger charge is 2.46. The highest BCUT2D eigenvalue weighted by atomic mass is 19.1. The summed E-state index contributed by atoms with van der Waals surface area (Å²) < 4.78 is 33.8. The Morgan fingerprint density at radius 2 is 1.69 bits per heavy atom. The van der Waals surface area contributed by atoms with Crippen molar-refractivity contribution in [2.24, 2.45) is 0 Å². The fourth-order valence-corrected chi connectivity index (χ4v) is 9.83. The first kappa shape index (κ1) is 45.2. The number of aromatic nitrogens is 2. The lowest BCUT2D eigenvalue weighted by atomic mass is 9.81. The van der Waals surface area contributed by atoms with E-state index in [1.807, 2.05) is 48.5 Å². The number of ether oxygens (including phenoxy) is 3. The highest BCUT2D eigenvalue weighted by Crippen LogP contribution is 2.47. The van der Waals surface area contributed by atoms with Gasteiger partial charge in [-0.25, -0.2) is 19.0 Å². The number of esters is 1. The molecule has 348 valence electrons. The van der Waals surface area contributed by atoms with Crippen LogP contribution in [0, 0.1) is 12.7 Å². The summed E-state index contributed by atoms with van der Waals surface area (Å²) in [5, 5.41) is 20.4. The number of hydrogen-bond acceptors (Lipinski definition) is 11. The standard InChI is InChI=1S/C50H51FN6O10/c1-7-50(64)35-19-39-43-33(21-57(39)47(61)34(35)22-65-48(50)62)42-37(17-16-28-25(3)36(51)20-38(55-43)41(28)42)54-40(58)18-24(2)66-23-52-45(59)26(4)53-46(60)27(5)56(6)49(63)67-44-31-14-10-8-12-29(31)30-13-9-11-15-32(30)44/h8-15,19-20,24,26-27,37,44,64H,7,16-18,21-23H2,1-6H3,(H,52,59)(H,53,60)(H,54,58)/t24-,26+,27+,37+,50+/m1/s1. The van der Waals surface area contributed by atoms with Crippen molar-refractivity contribution >= 4 is 40.7 Å². The number of rotatable bonds is 12. The monoisotopic (exact) mass is 914 g/mol. The first-order chi connectivity index (χ1) is 32.0. The Labute approximate surface area is 384 Å². The molecule has 16 nitrogen and oxygen atoms in total. The van der Waals surface area contributed by atoms with Crippen LogP contribution < -0.4 is 21.5 Å². The van der Waals surface area contributed by atoms with E-state index < -0.39 is 71.2 Å². The van der Waals surface area contributed by atoms with E-state index in [1.54, 1.807) is 26.8 Å². The van der Waals surface area contributed by atoms with Crippen molar-refractivity contribution < 1.29 is 47.7 Å². The Bertz CT molecular complexity index is 2940. The van der Waals surface area contributed by atoms with Gasteiger partial charge in [0.1, 0.15) is 31.2 Å². The Balaban J connectivity index is 0.815. The molecule has 5 atom stereocenters. The quantitative estimate of drug-likeness (QED) is 0.0924. The molecule has 4 aliphatic rings.